The Morgan fingerprint density at radius 3 is 2.26 bits per heavy atom. The summed E-state index contributed by atoms with van der Waals surface area (Å²) in [5.41, 5.74) is 1.21. The van der Waals surface area contributed by atoms with Crippen molar-refractivity contribution in [1.29, 1.82) is 0 Å². The van der Waals surface area contributed by atoms with E-state index in [9.17, 15) is 5.11 Å². The topological polar surface area (TPSA) is 20.2 Å². The van der Waals surface area contributed by atoms with Crippen LogP contribution >= 0.6 is 0 Å². The Kier molecular flexibility index (Phi) is 2.02. The molecule has 0 aromatic heterocycles. The number of rotatable bonds is 1. The van der Waals surface area contributed by atoms with E-state index in [4.69, 9.17) is 0 Å². The number of phenols is 1. The molecule has 1 heteroatoms. The van der Waals surface area contributed by atoms with Crippen LogP contribution in [0, 0.1) is 0 Å². The third kappa shape index (κ3) is 1.30. The van der Waals surface area contributed by atoms with E-state index in [0.29, 0.717) is 5.75 Å². The molecule has 0 aliphatic carbocycles. The summed E-state index contributed by atoms with van der Waals surface area (Å²) >= 11 is 0. The molecule has 1 nitrogen and oxygen atoms in total. The van der Waals surface area contributed by atoms with Crippen molar-refractivity contribution in [2.24, 2.45) is 0 Å². The van der Waals surface area contributed by atoms with Gasteiger partial charge < -0.3 is 5.11 Å². The van der Waals surface area contributed by atoms with Gasteiger partial charge in [0.15, 0.2) is 0 Å². The molecular weight excluding hydrogens is 232 g/mol. The second-order valence-electron chi connectivity index (χ2n) is 5.09. The van der Waals surface area contributed by atoms with Crippen LogP contribution in [0.2, 0.25) is 0 Å². The smallest absolute Gasteiger partial charge is 0.124 e. The molecule has 0 radical (unpaired) electrons. The first-order chi connectivity index (χ1) is 9.29. The molecule has 0 aliphatic rings. The molecule has 0 aliphatic heterocycles. The molecule has 4 aromatic rings. The monoisotopic (exact) mass is 246 g/mol. The molecule has 0 fully saturated rings. The second-order valence-corrected chi connectivity index (χ2v) is 5.09. The van der Waals surface area contributed by atoms with Crippen LogP contribution in [0.25, 0.3) is 32.3 Å². The highest BCUT2D eigenvalue weighted by atomic mass is 16.3. The number of hydrogen-bond acceptors (Lipinski definition) is 1. The predicted molar refractivity (Wildman–Crippen MR) is 81.2 cm³/mol. The van der Waals surface area contributed by atoms with Gasteiger partial charge >= 0.3 is 0 Å². The SMILES string of the molecule is CCc1ccc2ccc3cccc4cc(O)c1c2c34. The Labute approximate surface area is 111 Å². The summed E-state index contributed by atoms with van der Waals surface area (Å²) in [7, 11) is 0. The number of aromatic hydroxyl groups is 1. The predicted octanol–water partition coefficient (Wildman–Crippen LogP) is 4.85. The van der Waals surface area contributed by atoms with Crippen LogP contribution in [-0.2, 0) is 6.42 Å². The van der Waals surface area contributed by atoms with Crippen molar-refractivity contribution in [3.63, 3.8) is 0 Å². The summed E-state index contributed by atoms with van der Waals surface area (Å²) < 4.78 is 0. The first kappa shape index (κ1) is 10.6. The maximum Gasteiger partial charge on any atom is 0.124 e. The number of aryl methyl sites for hydroxylation is 1. The van der Waals surface area contributed by atoms with E-state index in [0.717, 1.165) is 17.2 Å². The van der Waals surface area contributed by atoms with Gasteiger partial charge in [0.05, 0.1) is 0 Å². The highest BCUT2D eigenvalue weighted by molar-refractivity contribution is 6.25. The third-order valence-electron chi connectivity index (χ3n) is 4.07. The van der Waals surface area contributed by atoms with E-state index in [1.54, 1.807) is 0 Å². The van der Waals surface area contributed by atoms with Crippen molar-refractivity contribution >= 4 is 32.3 Å². The fraction of sp³-hybridized carbons (Fsp3) is 0.111. The fourth-order valence-corrected chi connectivity index (χ4v) is 3.19. The number of benzene rings is 4. The van der Waals surface area contributed by atoms with Crippen LogP contribution in [0.15, 0.2) is 48.5 Å². The molecule has 19 heavy (non-hydrogen) atoms. The lowest BCUT2D eigenvalue weighted by atomic mass is 9.91. The molecule has 0 saturated heterocycles. The Morgan fingerprint density at radius 2 is 1.47 bits per heavy atom. The Morgan fingerprint density at radius 1 is 0.789 bits per heavy atom. The van der Waals surface area contributed by atoms with Gasteiger partial charge in [-0.25, -0.2) is 0 Å². The summed E-state index contributed by atoms with van der Waals surface area (Å²) in [5, 5.41) is 17.4. The molecule has 0 atom stereocenters. The zero-order chi connectivity index (χ0) is 13.0. The van der Waals surface area contributed by atoms with Gasteiger partial charge in [-0.3, -0.25) is 0 Å². The standard InChI is InChI=1S/C18H14O/c1-2-11-6-7-13-9-8-12-4-3-5-14-10-15(19)17(11)18(13)16(12)14/h3-10,19H,2H2,1H3. The van der Waals surface area contributed by atoms with Gasteiger partial charge in [-0.1, -0.05) is 49.4 Å². The average molecular weight is 246 g/mol. The van der Waals surface area contributed by atoms with Crippen molar-refractivity contribution in [3.8, 4) is 5.75 Å². The first-order valence-electron chi connectivity index (χ1n) is 6.68. The summed E-state index contributed by atoms with van der Waals surface area (Å²) in [5.74, 6) is 0.397. The van der Waals surface area contributed by atoms with E-state index in [1.807, 2.05) is 12.1 Å². The van der Waals surface area contributed by atoms with Crippen LogP contribution in [0.1, 0.15) is 12.5 Å². The van der Waals surface area contributed by atoms with E-state index in [-0.39, 0.29) is 0 Å². The molecule has 0 unspecified atom stereocenters. The van der Waals surface area contributed by atoms with Crippen molar-refractivity contribution in [3.05, 3.63) is 54.1 Å². The normalized spacial score (nSPS) is 11.8. The fourth-order valence-electron chi connectivity index (χ4n) is 3.19. The van der Waals surface area contributed by atoms with E-state index >= 15 is 0 Å². The number of hydrogen-bond donors (Lipinski definition) is 1. The quantitative estimate of drug-likeness (QED) is 0.476. The van der Waals surface area contributed by atoms with E-state index in [2.05, 4.69) is 43.3 Å². The molecule has 1 N–H and O–H groups in total. The van der Waals surface area contributed by atoms with Gasteiger partial charge in [0, 0.05) is 10.8 Å². The minimum Gasteiger partial charge on any atom is -0.507 e. The maximum atomic E-state index is 10.4. The molecule has 0 heterocycles. The zero-order valence-corrected chi connectivity index (χ0v) is 10.8. The van der Waals surface area contributed by atoms with Gasteiger partial charge in [-0.15, -0.1) is 0 Å². The number of phenolic OH excluding ortho intramolecular Hbond substituents is 1. The minimum absolute atomic E-state index is 0.397. The molecule has 0 spiro atoms. The zero-order valence-electron chi connectivity index (χ0n) is 10.8. The maximum absolute atomic E-state index is 10.4. The van der Waals surface area contributed by atoms with Gasteiger partial charge in [0.2, 0.25) is 0 Å². The lowest BCUT2D eigenvalue weighted by molar-refractivity contribution is 0.482. The average Bonchev–Trinajstić information content (AvgIpc) is 2.45. The second kappa shape index (κ2) is 3.61. The van der Waals surface area contributed by atoms with Gasteiger partial charge in [0.25, 0.3) is 0 Å². The van der Waals surface area contributed by atoms with Crippen molar-refractivity contribution in [2.75, 3.05) is 0 Å². The van der Waals surface area contributed by atoms with Gasteiger partial charge in [0.1, 0.15) is 5.75 Å². The van der Waals surface area contributed by atoms with Crippen molar-refractivity contribution in [2.45, 2.75) is 13.3 Å². The summed E-state index contributed by atoms with van der Waals surface area (Å²) in [4.78, 5) is 0. The van der Waals surface area contributed by atoms with Crippen molar-refractivity contribution in [1.82, 2.24) is 0 Å². The molecule has 92 valence electrons. The molecular formula is C18H14O. The van der Waals surface area contributed by atoms with Crippen LogP contribution in [0.3, 0.4) is 0 Å². The van der Waals surface area contributed by atoms with E-state index in [1.165, 1.54) is 27.1 Å². The lowest BCUT2D eigenvalue weighted by Gasteiger charge is -2.14. The van der Waals surface area contributed by atoms with Crippen LogP contribution in [0.4, 0.5) is 0 Å². The lowest BCUT2D eigenvalue weighted by Crippen LogP contribution is -1.89. The Hall–Kier alpha value is -2.28. The van der Waals surface area contributed by atoms with Crippen LogP contribution in [-0.4, -0.2) is 5.11 Å². The van der Waals surface area contributed by atoms with E-state index < -0.39 is 0 Å². The molecule has 4 aromatic carbocycles. The molecule has 4 rings (SSSR count). The van der Waals surface area contributed by atoms with Crippen LogP contribution in [0.5, 0.6) is 5.75 Å². The minimum atomic E-state index is 0.397. The molecule has 0 saturated carbocycles. The van der Waals surface area contributed by atoms with Crippen molar-refractivity contribution < 1.29 is 5.11 Å². The summed E-state index contributed by atoms with van der Waals surface area (Å²) in [6.07, 6.45) is 0.932. The summed E-state index contributed by atoms with van der Waals surface area (Å²) in [6.45, 7) is 2.13. The highest BCUT2D eigenvalue weighted by Gasteiger charge is 2.13. The molecule has 0 amide bonds. The largest absolute Gasteiger partial charge is 0.507 e. The van der Waals surface area contributed by atoms with Gasteiger partial charge in [-0.05, 0) is 39.6 Å². The summed E-state index contributed by atoms with van der Waals surface area (Å²) in [6, 6.07) is 16.7. The van der Waals surface area contributed by atoms with Crippen LogP contribution < -0.4 is 0 Å². The first-order valence-corrected chi connectivity index (χ1v) is 6.68. The Balaban J connectivity index is 2.43. The van der Waals surface area contributed by atoms with Gasteiger partial charge in [-0.2, -0.15) is 0 Å². The highest BCUT2D eigenvalue weighted by Crippen LogP contribution is 2.40. The third-order valence-corrected chi connectivity index (χ3v) is 4.07. The Bertz CT molecular complexity index is 906. The molecule has 0 bridgehead atoms.